The summed E-state index contributed by atoms with van der Waals surface area (Å²) in [5.41, 5.74) is 1.28. The van der Waals surface area contributed by atoms with Gasteiger partial charge in [0.1, 0.15) is 0 Å². The van der Waals surface area contributed by atoms with Crippen LogP contribution in [-0.4, -0.2) is 44.7 Å². The summed E-state index contributed by atoms with van der Waals surface area (Å²) in [5, 5.41) is 39.6. The van der Waals surface area contributed by atoms with Gasteiger partial charge in [0.15, 0.2) is 0 Å². The third-order valence-electron chi connectivity index (χ3n) is 6.04. The van der Waals surface area contributed by atoms with E-state index < -0.39 is 18.2 Å². The van der Waals surface area contributed by atoms with Gasteiger partial charge in [-0.05, 0) is 75.2 Å². The van der Waals surface area contributed by atoms with Crippen LogP contribution in [0.1, 0.15) is 63.4 Å². The summed E-state index contributed by atoms with van der Waals surface area (Å²) in [6.07, 6.45) is 9.10. The first-order chi connectivity index (χ1) is 14.0. The summed E-state index contributed by atoms with van der Waals surface area (Å²) in [6, 6.07) is 10.3. The number of carboxylic acids is 1. The van der Waals surface area contributed by atoms with Crippen molar-refractivity contribution in [2.75, 3.05) is 0 Å². The van der Waals surface area contributed by atoms with E-state index in [4.69, 9.17) is 5.11 Å². The first-order valence-corrected chi connectivity index (χ1v) is 10.9. The quantitative estimate of drug-likeness (QED) is 0.297. The second-order valence-corrected chi connectivity index (χ2v) is 8.30. The Labute approximate surface area is 174 Å². The number of carbonyl (C=O) groups is 1. The number of aliphatic hydroxyl groups excluding tert-OH is 3. The molecule has 0 saturated heterocycles. The van der Waals surface area contributed by atoms with E-state index >= 15 is 0 Å². The van der Waals surface area contributed by atoms with E-state index in [0.29, 0.717) is 38.5 Å². The number of aliphatic carboxylic acids is 1. The largest absolute Gasteiger partial charge is 0.481 e. The fourth-order valence-electron chi connectivity index (χ4n) is 4.36. The molecule has 0 aliphatic heterocycles. The highest BCUT2D eigenvalue weighted by atomic mass is 16.4. The molecule has 1 saturated carbocycles. The smallest absolute Gasteiger partial charge is 0.303 e. The van der Waals surface area contributed by atoms with Gasteiger partial charge in [0.2, 0.25) is 0 Å². The molecule has 5 atom stereocenters. The van der Waals surface area contributed by atoms with Crippen LogP contribution in [0.15, 0.2) is 42.5 Å². The molecular formula is C24H36O5. The lowest BCUT2D eigenvalue weighted by Crippen LogP contribution is -2.23. The lowest BCUT2D eigenvalue weighted by Gasteiger charge is -2.23. The Balaban J connectivity index is 1.70. The minimum absolute atomic E-state index is 0.00237. The van der Waals surface area contributed by atoms with Gasteiger partial charge in [-0.3, -0.25) is 4.79 Å². The summed E-state index contributed by atoms with van der Waals surface area (Å²) in [5.74, 6) is -0.787. The minimum Gasteiger partial charge on any atom is -0.481 e. The molecule has 162 valence electrons. The van der Waals surface area contributed by atoms with Crippen molar-refractivity contribution >= 4 is 5.97 Å². The van der Waals surface area contributed by atoms with Crippen LogP contribution in [0.3, 0.4) is 0 Å². The van der Waals surface area contributed by atoms with Crippen molar-refractivity contribution in [2.24, 2.45) is 11.8 Å². The zero-order chi connectivity index (χ0) is 21.1. The van der Waals surface area contributed by atoms with E-state index in [-0.39, 0.29) is 24.4 Å². The van der Waals surface area contributed by atoms with Gasteiger partial charge in [0.05, 0.1) is 18.3 Å². The van der Waals surface area contributed by atoms with Crippen molar-refractivity contribution in [3.63, 3.8) is 0 Å². The molecule has 1 aromatic carbocycles. The zero-order valence-corrected chi connectivity index (χ0v) is 17.2. The summed E-state index contributed by atoms with van der Waals surface area (Å²) < 4.78 is 0. The zero-order valence-electron chi connectivity index (χ0n) is 17.2. The Morgan fingerprint density at radius 1 is 1.03 bits per heavy atom. The molecule has 0 bridgehead atoms. The molecule has 1 aliphatic carbocycles. The number of carboxylic acid groups (broad SMARTS) is 1. The second-order valence-electron chi connectivity index (χ2n) is 8.30. The number of aryl methyl sites for hydroxylation is 1. The topological polar surface area (TPSA) is 98.0 Å². The first kappa shape index (κ1) is 23.6. The van der Waals surface area contributed by atoms with E-state index in [2.05, 4.69) is 12.1 Å². The SMILES string of the molecule is O=C(O)CCC/C=C/CC1C(O)CC(O)C1CCC(O)CCCc1ccccc1. The molecule has 5 nitrogen and oxygen atoms in total. The highest BCUT2D eigenvalue weighted by Gasteiger charge is 2.40. The molecule has 0 radical (unpaired) electrons. The van der Waals surface area contributed by atoms with E-state index in [1.807, 2.05) is 30.4 Å². The van der Waals surface area contributed by atoms with Gasteiger partial charge in [-0.1, -0.05) is 42.5 Å². The molecule has 1 aromatic rings. The molecule has 0 aromatic heterocycles. The predicted molar refractivity (Wildman–Crippen MR) is 113 cm³/mol. The Morgan fingerprint density at radius 3 is 2.48 bits per heavy atom. The van der Waals surface area contributed by atoms with Crippen molar-refractivity contribution in [3.8, 4) is 0 Å². The number of hydrogen-bond donors (Lipinski definition) is 4. The van der Waals surface area contributed by atoms with Gasteiger partial charge in [-0.2, -0.15) is 0 Å². The van der Waals surface area contributed by atoms with E-state index in [1.165, 1.54) is 5.56 Å². The van der Waals surface area contributed by atoms with Crippen molar-refractivity contribution < 1.29 is 25.2 Å². The molecule has 2 rings (SSSR count). The maximum atomic E-state index is 10.5. The Bertz CT molecular complexity index is 615. The minimum atomic E-state index is -0.782. The molecule has 0 heterocycles. The predicted octanol–water partition coefficient (Wildman–Crippen LogP) is 3.71. The maximum Gasteiger partial charge on any atom is 0.303 e. The number of aliphatic hydroxyl groups is 3. The number of benzene rings is 1. The molecule has 1 aliphatic rings. The molecular weight excluding hydrogens is 368 g/mol. The molecule has 1 fully saturated rings. The van der Waals surface area contributed by atoms with Crippen LogP contribution in [0.4, 0.5) is 0 Å². The van der Waals surface area contributed by atoms with Crippen LogP contribution >= 0.6 is 0 Å². The lowest BCUT2D eigenvalue weighted by molar-refractivity contribution is -0.137. The normalized spacial score (nSPS) is 25.5. The van der Waals surface area contributed by atoms with Gasteiger partial charge >= 0.3 is 5.97 Å². The molecule has 5 heteroatoms. The fourth-order valence-corrected chi connectivity index (χ4v) is 4.36. The number of unbranched alkanes of at least 4 members (excludes halogenated alkanes) is 1. The van der Waals surface area contributed by atoms with E-state index in [9.17, 15) is 20.1 Å². The third kappa shape index (κ3) is 8.69. The monoisotopic (exact) mass is 404 g/mol. The fraction of sp³-hybridized carbons (Fsp3) is 0.625. The number of allylic oxidation sites excluding steroid dienone is 2. The third-order valence-corrected chi connectivity index (χ3v) is 6.04. The molecule has 4 N–H and O–H groups in total. The van der Waals surface area contributed by atoms with Crippen LogP contribution in [0, 0.1) is 11.8 Å². The van der Waals surface area contributed by atoms with E-state index in [1.54, 1.807) is 0 Å². The van der Waals surface area contributed by atoms with Crippen LogP contribution in [-0.2, 0) is 11.2 Å². The van der Waals surface area contributed by atoms with E-state index in [0.717, 1.165) is 19.3 Å². The van der Waals surface area contributed by atoms with Crippen molar-refractivity contribution in [3.05, 3.63) is 48.0 Å². The summed E-state index contributed by atoms with van der Waals surface area (Å²) in [4.78, 5) is 10.5. The maximum absolute atomic E-state index is 10.5. The molecule has 29 heavy (non-hydrogen) atoms. The van der Waals surface area contributed by atoms with Crippen LogP contribution in [0.25, 0.3) is 0 Å². The van der Waals surface area contributed by atoms with Crippen molar-refractivity contribution in [2.45, 2.75) is 82.5 Å². The van der Waals surface area contributed by atoms with Gasteiger partial charge in [0, 0.05) is 6.42 Å². The average molecular weight is 405 g/mol. The van der Waals surface area contributed by atoms with Gasteiger partial charge in [0.25, 0.3) is 0 Å². The summed E-state index contributed by atoms with van der Waals surface area (Å²) in [7, 11) is 0. The molecule has 5 unspecified atom stereocenters. The van der Waals surface area contributed by atoms with Crippen molar-refractivity contribution in [1.29, 1.82) is 0 Å². The first-order valence-electron chi connectivity index (χ1n) is 10.9. The summed E-state index contributed by atoms with van der Waals surface area (Å²) in [6.45, 7) is 0. The lowest BCUT2D eigenvalue weighted by atomic mass is 9.85. The van der Waals surface area contributed by atoms with Crippen LogP contribution in [0.2, 0.25) is 0 Å². The molecule has 0 amide bonds. The number of rotatable bonds is 13. The molecule has 0 spiro atoms. The Hall–Kier alpha value is -1.69. The summed E-state index contributed by atoms with van der Waals surface area (Å²) >= 11 is 0. The van der Waals surface area contributed by atoms with Crippen LogP contribution in [0.5, 0.6) is 0 Å². The van der Waals surface area contributed by atoms with Gasteiger partial charge < -0.3 is 20.4 Å². The van der Waals surface area contributed by atoms with Gasteiger partial charge in [-0.25, -0.2) is 0 Å². The van der Waals surface area contributed by atoms with Crippen LogP contribution < -0.4 is 0 Å². The number of hydrogen-bond acceptors (Lipinski definition) is 4. The Kier molecular flexibility index (Phi) is 10.4. The van der Waals surface area contributed by atoms with Crippen molar-refractivity contribution in [1.82, 2.24) is 0 Å². The Morgan fingerprint density at radius 2 is 1.76 bits per heavy atom. The highest BCUT2D eigenvalue weighted by molar-refractivity contribution is 5.66. The average Bonchev–Trinajstić information content (AvgIpc) is 2.96. The second kappa shape index (κ2) is 12.8. The standard InChI is InChI=1S/C24H36O5/c25-19(12-8-11-18-9-4-3-5-10-18)15-16-21-20(22(26)17-23(21)27)13-6-1-2-7-14-24(28)29/h1,3-6,9-10,19-23,25-27H,2,7-8,11-17H2,(H,28,29)/b6-1+. The van der Waals surface area contributed by atoms with Gasteiger partial charge in [-0.15, -0.1) is 0 Å². The highest BCUT2D eigenvalue weighted by Crippen LogP contribution is 2.38.